The van der Waals surface area contributed by atoms with Crippen molar-refractivity contribution in [1.82, 2.24) is 20.3 Å². The third-order valence-corrected chi connectivity index (χ3v) is 3.46. The fourth-order valence-electron chi connectivity index (χ4n) is 1.92. The van der Waals surface area contributed by atoms with Crippen LogP contribution in [0, 0.1) is 5.82 Å². The van der Waals surface area contributed by atoms with Crippen LogP contribution in [0.3, 0.4) is 0 Å². The maximum absolute atomic E-state index is 13.3. The van der Waals surface area contributed by atoms with Crippen LogP contribution in [0.2, 0.25) is 0 Å². The van der Waals surface area contributed by atoms with E-state index in [9.17, 15) is 4.39 Å². The summed E-state index contributed by atoms with van der Waals surface area (Å²) < 4.78 is 15.7. The number of halogens is 2. The molecule has 19 heavy (non-hydrogen) atoms. The van der Waals surface area contributed by atoms with E-state index in [1.54, 1.807) is 4.68 Å². The Bertz CT molecular complexity index is 560. The zero-order valence-corrected chi connectivity index (χ0v) is 11.9. The Morgan fingerprint density at radius 2 is 2.21 bits per heavy atom. The van der Waals surface area contributed by atoms with E-state index in [0.717, 1.165) is 22.3 Å². The van der Waals surface area contributed by atoms with Crippen molar-refractivity contribution in [3.8, 4) is 0 Å². The minimum atomic E-state index is -0.250. The summed E-state index contributed by atoms with van der Waals surface area (Å²) in [6.07, 6.45) is 4.41. The first-order valence-electron chi connectivity index (χ1n) is 6.26. The van der Waals surface area contributed by atoms with Gasteiger partial charge in [0.1, 0.15) is 5.82 Å². The molecule has 0 unspecified atom stereocenters. The highest BCUT2D eigenvalue weighted by Gasteiger charge is 2.20. The second-order valence-corrected chi connectivity index (χ2v) is 5.76. The van der Waals surface area contributed by atoms with E-state index in [1.807, 2.05) is 12.3 Å². The van der Waals surface area contributed by atoms with E-state index in [0.29, 0.717) is 12.6 Å². The quantitative estimate of drug-likeness (QED) is 0.918. The van der Waals surface area contributed by atoms with Gasteiger partial charge in [-0.2, -0.15) is 0 Å². The molecule has 1 saturated carbocycles. The van der Waals surface area contributed by atoms with Gasteiger partial charge in [0.2, 0.25) is 0 Å². The van der Waals surface area contributed by atoms with Crippen LogP contribution in [0.5, 0.6) is 0 Å². The van der Waals surface area contributed by atoms with Crippen LogP contribution in [0.15, 0.2) is 28.9 Å². The highest BCUT2D eigenvalue weighted by Crippen LogP contribution is 2.19. The predicted molar refractivity (Wildman–Crippen MR) is 73.1 cm³/mol. The largest absolute Gasteiger partial charge is 0.308 e. The van der Waals surface area contributed by atoms with Crippen LogP contribution in [0.25, 0.3) is 0 Å². The fourth-order valence-corrected chi connectivity index (χ4v) is 2.44. The van der Waals surface area contributed by atoms with E-state index in [1.165, 1.54) is 25.0 Å². The Morgan fingerprint density at radius 1 is 1.37 bits per heavy atom. The standard InChI is InChI=1S/C13H14BrFN4/c14-10-3-9(4-11(15)5-10)7-19-8-13(17-18-19)6-16-12-1-2-12/h3-5,8,12,16H,1-2,6-7H2. The summed E-state index contributed by atoms with van der Waals surface area (Å²) in [5, 5.41) is 11.5. The van der Waals surface area contributed by atoms with E-state index in [-0.39, 0.29) is 5.82 Å². The molecule has 1 heterocycles. The monoisotopic (exact) mass is 324 g/mol. The van der Waals surface area contributed by atoms with Crippen LogP contribution < -0.4 is 5.32 Å². The molecule has 2 aromatic rings. The molecule has 4 nitrogen and oxygen atoms in total. The number of benzene rings is 1. The maximum Gasteiger partial charge on any atom is 0.124 e. The average molecular weight is 325 g/mol. The summed E-state index contributed by atoms with van der Waals surface area (Å²) in [5.74, 6) is -0.250. The van der Waals surface area contributed by atoms with Gasteiger partial charge in [-0.3, -0.25) is 0 Å². The highest BCUT2D eigenvalue weighted by atomic mass is 79.9. The Morgan fingerprint density at radius 3 is 2.95 bits per heavy atom. The second-order valence-electron chi connectivity index (χ2n) is 4.84. The molecule has 1 N–H and O–H groups in total. The molecule has 1 aliphatic carbocycles. The number of aromatic nitrogens is 3. The molecule has 1 aromatic heterocycles. The first kappa shape index (κ1) is 12.7. The predicted octanol–water partition coefficient (Wildman–Crippen LogP) is 2.48. The first-order valence-corrected chi connectivity index (χ1v) is 7.06. The van der Waals surface area contributed by atoms with Crippen molar-refractivity contribution >= 4 is 15.9 Å². The summed E-state index contributed by atoms with van der Waals surface area (Å²) in [4.78, 5) is 0. The lowest BCUT2D eigenvalue weighted by Crippen LogP contribution is -2.15. The second kappa shape index (κ2) is 5.38. The molecule has 0 bridgehead atoms. The van der Waals surface area contributed by atoms with E-state index >= 15 is 0 Å². The molecule has 0 spiro atoms. The Labute approximate surface area is 119 Å². The Kier molecular flexibility index (Phi) is 3.61. The molecule has 0 aliphatic heterocycles. The Balaban J connectivity index is 1.65. The topological polar surface area (TPSA) is 42.7 Å². The lowest BCUT2D eigenvalue weighted by Gasteiger charge is -2.02. The molecule has 6 heteroatoms. The van der Waals surface area contributed by atoms with Crippen LogP contribution in [-0.4, -0.2) is 21.0 Å². The van der Waals surface area contributed by atoms with E-state index in [4.69, 9.17) is 0 Å². The van der Waals surface area contributed by atoms with Gasteiger partial charge in [0.15, 0.2) is 0 Å². The molecule has 0 radical (unpaired) electrons. The minimum Gasteiger partial charge on any atom is -0.308 e. The van der Waals surface area contributed by atoms with Crippen LogP contribution in [-0.2, 0) is 13.1 Å². The van der Waals surface area contributed by atoms with Crippen molar-refractivity contribution in [2.75, 3.05) is 0 Å². The van der Waals surface area contributed by atoms with E-state index in [2.05, 4.69) is 31.6 Å². The molecule has 100 valence electrons. The summed E-state index contributed by atoms with van der Waals surface area (Å²) >= 11 is 3.28. The van der Waals surface area contributed by atoms with E-state index < -0.39 is 0 Å². The van der Waals surface area contributed by atoms with Gasteiger partial charge in [-0.25, -0.2) is 9.07 Å². The van der Waals surface area contributed by atoms with Crippen molar-refractivity contribution in [2.24, 2.45) is 0 Å². The van der Waals surface area contributed by atoms with Crippen molar-refractivity contribution < 1.29 is 4.39 Å². The molecule has 1 aliphatic rings. The molecule has 0 atom stereocenters. The average Bonchev–Trinajstić information content (AvgIpc) is 3.06. The van der Waals surface area contributed by atoms with Gasteiger partial charge in [-0.15, -0.1) is 5.10 Å². The summed E-state index contributed by atoms with van der Waals surface area (Å²) in [6.45, 7) is 1.27. The van der Waals surface area contributed by atoms with Gasteiger partial charge >= 0.3 is 0 Å². The van der Waals surface area contributed by atoms with Gasteiger partial charge in [0.05, 0.1) is 18.4 Å². The summed E-state index contributed by atoms with van der Waals surface area (Å²) in [5.41, 5.74) is 1.78. The molecule has 1 fully saturated rings. The zero-order chi connectivity index (χ0) is 13.2. The van der Waals surface area contributed by atoms with Crippen molar-refractivity contribution in [1.29, 1.82) is 0 Å². The number of hydrogen-bond acceptors (Lipinski definition) is 3. The maximum atomic E-state index is 13.3. The number of nitrogens with one attached hydrogen (secondary N) is 1. The van der Waals surface area contributed by atoms with Crippen LogP contribution in [0.1, 0.15) is 24.1 Å². The van der Waals surface area contributed by atoms with Gasteiger partial charge in [0.25, 0.3) is 0 Å². The zero-order valence-electron chi connectivity index (χ0n) is 10.3. The molecule has 1 aromatic carbocycles. The van der Waals surface area contributed by atoms with Crippen LogP contribution in [0.4, 0.5) is 4.39 Å². The summed E-state index contributed by atoms with van der Waals surface area (Å²) in [7, 11) is 0. The first-order chi connectivity index (χ1) is 9.19. The SMILES string of the molecule is Fc1cc(Br)cc(Cn2cc(CNC3CC3)nn2)c1. The molecule has 0 saturated heterocycles. The summed E-state index contributed by atoms with van der Waals surface area (Å²) in [6, 6.07) is 5.49. The third kappa shape index (κ3) is 3.61. The smallest absolute Gasteiger partial charge is 0.124 e. The van der Waals surface area contributed by atoms with Crippen molar-refractivity contribution in [2.45, 2.75) is 32.0 Å². The van der Waals surface area contributed by atoms with Crippen molar-refractivity contribution in [3.05, 3.63) is 45.9 Å². The van der Waals surface area contributed by atoms with Crippen molar-refractivity contribution in [3.63, 3.8) is 0 Å². The number of nitrogens with zero attached hydrogens (tertiary/aromatic N) is 3. The lowest BCUT2D eigenvalue weighted by molar-refractivity contribution is 0.613. The fraction of sp³-hybridized carbons (Fsp3) is 0.385. The molecule has 0 amide bonds. The molecule has 3 rings (SSSR count). The molecular formula is C13H14BrFN4. The number of rotatable bonds is 5. The minimum absolute atomic E-state index is 0.250. The lowest BCUT2D eigenvalue weighted by atomic mass is 10.2. The van der Waals surface area contributed by atoms with Gasteiger partial charge < -0.3 is 5.32 Å². The highest BCUT2D eigenvalue weighted by molar-refractivity contribution is 9.10. The van der Waals surface area contributed by atoms with Gasteiger partial charge in [0, 0.05) is 17.1 Å². The Hall–Kier alpha value is -1.27. The third-order valence-electron chi connectivity index (χ3n) is 3.00. The molecular weight excluding hydrogens is 311 g/mol. The van der Waals surface area contributed by atoms with Gasteiger partial charge in [-0.05, 0) is 36.6 Å². The van der Waals surface area contributed by atoms with Crippen LogP contribution >= 0.6 is 15.9 Å². The normalized spacial score (nSPS) is 14.8. The van der Waals surface area contributed by atoms with Gasteiger partial charge in [-0.1, -0.05) is 21.1 Å². The number of hydrogen-bond donors (Lipinski definition) is 1.